The largest absolute Gasteiger partial charge is 0.378 e. The zero-order chi connectivity index (χ0) is 17.3. The van der Waals surface area contributed by atoms with E-state index in [1.165, 1.54) is 12.8 Å². The molecular weight excluding hydrogens is 320 g/mol. The van der Waals surface area contributed by atoms with Gasteiger partial charge in [-0.25, -0.2) is 0 Å². The summed E-state index contributed by atoms with van der Waals surface area (Å²) in [7, 11) is 0. The molecule has 2 aromatic heterocycles. The predicted octanol–water partition coefficient (Wildman–Crippen LogP) is 2.60. The second-order valence-electron chi connectivity index (χ2n) is 6.81. The summed E-state index contributed by atoms with van der Waals surface area (Å²) in [6, 6.07) is 3.72. The second-order valence-corrected chi connectivity index (χ2v) is 6.81. The van der Waals surface area contributed by atoms with Gasteiger partial charge in [0.25, 0.3) is 17.6 Å². The SMILES string of the molecule is CCOC1CC(NC(=O)c2noc(-c3cccnc3)n2)C12CCCC2. The maximum absolute atomic E-state index is 12.5. The van der Waals surface area contributed by atoms with Gasteiger partial charge < -0.3 is 14.6 Å². The standard InChI is InChI=1S/C18H22N4O3/c1-2-24-14-10-13(18(14)7-3-4-8-18)20-16(23)15-21-17(25-22-15)12-6-5-9-19-11-12/h5-6,9,11,13-14H,2-4,7-8,10H2,1H3,(H,20,23). The Morgan fingerprint density at radius 2 is 2.28 bits per heavy atom. The van der Waals surface area contributed by atoms with E-state index < -0.39 is 0 Å². The van der Waals surface area contributed by atoms with Crippen LogP contribution >= 0.6 is 0 Å². The second kappa shape index (κ2) is 6.55. The Hall–Kier alpha value is -2.28. The number of carbonyl (C=O) groups is 1. The van der Waals surface area contributed by atoms with Gasteiger partial charge in [-0.3, -0.25) is 9.78 Å². The minimum atomic E-state index is -0.287. The van der Waals surface area contributed by atoms with E-state index in [2.05, 4.69) is 20.4 Å². The highest BCUT2D eigenvalue weighted by atomic mass is 16.5. The Morgan fingerprint density at radius 3 is 3.00 bits per heavy atom. The smallest absolute Gasteiger partial charge is 0.292 e. The van der Waals surface area contributed by atoms with Crippen molar-refractivity contribution in [1.82, 2.24) is 20.4 Å². The summed E-state index contributed by atoms with van der Waals surface area (Å²) in [4.78, 5) is 20.8. The molecule has 2 aliphatic rings. The summed E-state index contributed by atoms with van der Waals surface area (Å²) < 4.78 is 11.1. The molecular formula is C18H22N4O3. The van der Waals surface area contributed by atoms with Crippen LogP contribution in [0.5, 0.6) is 0 Å². The third-order valence-corrected chi connectivity index (χ3v) is 5.53. The van der Waals surface area contributed by atoms with E-state index in [0.717, 1.165) is 19.3 Å². The number of amides is 1. The molecule has 7 heteroatoms. The molecule has 7 nitrogen and oxygen atoms in total. The molecule has 0 bridgehead atoms. The maximum Gasteiger partial charge on any atom is 0.292 e. The number of ether oxygens (including phenoxy) is 1. The maximum atomic E-state index is 12.5. The van der Waals surface area contributed by atoms with E-state index in [-0.39, 0.29) is 29.3 Å². The van der Waals surface area contributed by atoms with Crippen LogP contribution in [0.1, 0.15) is 49.6 Å². The van der Waals surface area contributed by atoms with E-state index in [9.17, 15) is 4.79 Å². The van der Waals surface area contributed by atoms with Crippen LogP contribution in [0.4, 0.5) is 0 Å². The normalized spacial score (nSPS) is 24.2. The van der Waals surface area contributed by atoms with Crippen LogP contribution in [0.3, 0.4) is 0 Å². The summed E-state index contributed by atoms with van der Waals surface area (Å²) in [5.74, 6) is 0.0756. The van der Waals surface area contributed by atoms with Crippen molar-refractivity contribution in [3.05, 3.63) is 30.4 Å². The number of nitrogens with zero attached hydrogens (tertiary/aromatic N) is 3. The topological polar surface area (TPSA) is 90.1 Å². The lowest BCUT2D eigenvalue weighted by atomic mass is 9.60. The van der Waals surface area contributed by atoms with E-state index in [1.807, 2.05) is 13.0 Å². The van der Waals surface area contributed by atoms with Gasteiger partial charge in [-0.05, 0) is 38.3 Å². The van der Waals surface area contributed by atoms with Gasteiger partial charge in [0.05, 0.1) is 11.7 Å². The van der Waals surface area contributed by atoms with Crippen LogP contribution in [-0.2, 0) is 4.74 Å². The zero-order valence-electron chi connectivity index (χ0n) is 14.3. The average molecular weight is 342 g/mol. The molecule has 2 atom stereocenters. The third kappa shape index (κ3) is 2.82. The van der Waals surface area contributed by atoms with Crippen molar-refractivity contribution in [2.45, 2.75) is 51.2 Å². The Morgan fingerprint density at radius 1 is 1.44 bits per heavy atom. The number of aromatic nitrogens is 3. The minimum Gasteiger partial charge on any atom is -0.378 e. The van der Waals surface area contributed by atoms with Gasteiger partial charge in [-0.2, -0.15) is 4.98 Å². The number of nitrogens with one attached hydrogen (secondary N) is 1. The van der Waals surface area contributed by atoms with Gasteiger partial charge in [0.1, 0.15) is 0 Å². The predicted molar refractivity (Wildman–Crippen MR) is 89.7 cm³/mol. The molecule has 2 aromatic rings. The summed E-state index contributed by atoms with van der Waals surface area (Å²) in [5, 5.41) is 6.92. The number of pyridine rings is 1. The van der Waals surface area contributed by atoms with Crippen molar-refractivity contribution in [2.75, 3.05) is 6.61 Å². The fraction of sp³-hybridized carbons (Fsp3) is 0.556. The van der Waals surface area contributed by atoms with Crippen molar-refractivity contribution in [3.8, 4) is 11.5 Å². The number of hydrogen-bond acceptors (Lipinski definition) is 6. The number of carbonyl (C=O) groups excluding carboxylic acids is 1. The fourth-order valence-corrected chi connectivity index (χ4v) is 4.23. The molecule has 1 N–H and O–H groups in total. The summed E-state index contributed by atoms with van der Waals surface area (Å²) >= 11 is 0. The van der Waals surface area contributed by atoms with Crippen LogP contribution in [0.15, 0.2) is 29.0 Å². The molecule has 0 aliphatic heterocycles. The summed E-state index contributed by atoms with van der Waals surface area (Å²) in [5.41, 5.74) is 0.781. The fourth-order valence-electron chi connectivity index (χ4n) is 4.23. The van der Waals surface area contributed by atoms with Crippen molar-refractivity contribution >= 4 is 5.91 Å². The molecule has 0 radical (unpaired) electrons. The number of rotatable bonds is 5. The van der Waals surface area contributed by atoms with E-state index >= 15 is 0 Å². The van der Waals surface area contributed by atoms with Crippen molar-refractivity contribution < 1.29 is 14.1 Å². The monoisotopic (exact) mass is 342 g/mol. The van der Waals surface area contributed by atoms with Gasteiger partial charge >= 0.3 is 0 Å². The molecule has 1 amide bonds. The van der Waals surface area contributed by atoms with E-state index in [0.29, 0.717) is 18.1 Å². The summed E-state index contributed by atoms with van der Waals surface area (Å²) in [6.07, 6.45) is 9.01. The Bertz CT molecular complexity index is 740. The molecule has 2 heterocycles. The summed E-state index contributed by atoms with van der Waals surface area (Å²) in [6.45, 7) is 2.74. The first-order chi connectivity index (χ1) is 12.2. The lowest BCUT2D eigenvalue weighted by Crippen LogP contribution is -2.63. The highest BCUT2D eigenvalue weighted by Gasteiger charge is 2.57. The lowest BCUT2D eigenvalue weighted by molar-refractivity contribution is -0.127. The van der Waals surface area contributed by atoms with Crippen LogP contribution in [0, 0.1) is 5.41 Å². The molecule has 0 aromatic carbocycles. The highest BCUT2D eigenvalue weighted by Crippen LogP contribution is 2.54. The highest BCUT2D eigenvalue weighted by molar-refractivity contribution is 5.91. The van der Waals surface area contributed by atoms with Gasteiger partial charge in [0, 0.05) is 30.5 Å². The Kier molecular flexibility index (Phi) is 4.25. The van der Waals surface area contributed by atoms with Gasteiger partial charge in [-0.15, -0.1) is 0 Å². The molecule has 0 saturated heterocycles. The van der Waals surface area contributed by atoms with E-state index in [4.69, 9.17) is 9.26 Å². The molecule has 132 valence electrons. The Labute approximate surface area is 146 Å². The molecule has 1 spiro atoms. The molecule has 2 saturated carbocycles. The molecule has 25 heavy (non-hydrogen) atoms. The molecule has 2 unspecified atom stereocenters. The Balaban J connectivity index is 1.45. The lowest BCUT2D eigenvalue weighted by Gasteiger charge is -2.53. The van der Waals surface area contributed by atoms with E-state index in [1.54, 1.807) is 18.5 Å². The van der Waals surface area contributed by atoms with Crippen LogP contribution in [0.2, 0.25) is 0 Å². The molecule has 2 aliphatic carbocycles. The van der Waals surface area contributed by atoms with Gasteiger partial charge in [0.15, 0.2) is 0 Å². The average Bonchev–Trinajstić information content (AvgIpc) is 3.32. The van der Waals surface area contributed by atoms with Crippen LogP contribution < -0.4 is 5.32 Å². The minimum absolute atomic E-state index is 0.0619. The van der Waals surface area contributed by atoms with Crippen LogP contribution in [-0.4, -0.2) is 39.8 Å². The number of hydrogen-bond donors (Lipinski definition) is 1. The van der Waals surface area contributed by atoms with Gasteiger partial charge in [0.2, 0.25) is 0 Å². The third-order valence-electron chi connectivity index (χ3n) is 5.53. The van der Waals surface area contributed by atoms with Crippen LogP contribution in [0.25, 0.3) is 11.5 Å². The molecule has 2 fully saturated rings. The zero-order valence-corrected chi connectivity index (χ0v) is 14.3. The van der Waals surface area contributed by atoms with Gasteiger partial charge in [-0.1, -0.05) is 18.0 Å². The molecule has 4 rings (SSSR count). The first kappa shape index (κ1) is 16.2. The first-order valence-electron chi connectivity index (χ1n) is 8.89. The first-order valence-corrected chi connectivity index (χ1v) is 8.89. The van der Waals surface area contributed by atoms with Crippen molar-refractivity contribution in [3.63, 3.8) is 0 Å². The van der Waals surface area contributed by atoms with Crippen molar-refractivity contribution in [1.29, 1.82) is 0 Å². The van der Waals surface area contributed by atoms with Crippen molar-refractivity contribution in [2.24, 2.45) is 5.41 Å². The quantitative estimate of drug-likeness (QED) is 0.898.